The van der Waals surface area contributed by atoms with E-state index in [0.717, 1.165) is 6.07 Å². The third kappa shape index (κ3) is 2.50. The number of carbonyl (C=O) groups is 3. The zero-order valence-electron chi connectivity index (χ0n) is 9.78. The van der Waals surface area contributed by atoms with Crippen LogP contribution < -0.4 is 34.7 Å². The van der Waals surface area contributed by atoms with Crippen LogP contribution in [0.25, 0.3) is 0 Å². The summed E-state index contributed by atoms with van der Waals surface area (Å²) in [5.74, 6) is -3.48. The molecule has 0 spiro atoms. The summed E-state index contributed by atoms with van der Waals surface area (Å²) in [7, 11) is 0. The Kier molecular flexibility index (Phi) is 4.40. The summed E-state index contributed by atoms with van der Waals surface area (Å²) < 4.78 is 0. The van der Waals surface area contributed by atoms with Gasteiger partial charge in [-0.3, -0.25) is 24.6 Å². The maximum atomic E-state index is 11.8. The molecule has 8 nitrogen and oxygen atoms in total. The predicted octanol–water partition coefficient (Wildman–Crippen LogP) is -4.06. The number of hydrogen-bond donors (Lipinski definition) is 0. The van der Waals surface area contributed by atoms with Crippen LogP contribution in [-0.4, -0.2) is 34.2 Å². The number of hydrogen-bond acceptors (Lipinski definition) is 6. The van der Waals surface area contributed by atoms with Crippen molar-refractivity contribution in [3.63, 3.8) is 0 Å². The molecule has 0 N–H and O–H groups in total. The summed E-state index contributed by atoms with van der Waals surface area (Å²) in [5.41, 5.74) is -1.07. The topological polar surface area (TPSA) is 121 Å². The van der Waals surface area contributed by atoms with Crippen LogP contribution in [-0.2, 0) is 4.79 Å². The third-order valence-electron chi connectivity index (χ3n) is 2.46. The van der Waals surface area contributed by atoms with Gasteiger partial charge in [-0.15, -0.1) is 0 Å². The summed E-state index contributed by atoms with van der Waals surface area (Å²) in [6.45, 7) is -0.927. The van der Waals surface area contributed by atoms with Gasteiger partial charge < -0.3 is 9.90 Å². The molecule has 0 atom stereocenters. The van der Waals surface area contributed by atoms with Gasteiger partial charge in [-0.05, 0) is 6.07 Å². The van der Waals surface area contributed by atoms with Gasteiger partial charge in [0.15, 0.2) is 0 Å². The Bertz CT molecular complexity index is 600. The summed E-state index contributed by atoms with van der Waals surface area (Å²) in [6, 6.07) is 3.56. The van der Waals surface area contributed by atoms with Crippen LogP contribution in [0.2, 0.25) is 0 Å². The number of rotatable bonds is 3. The van der Waals surface area contributed by atoms with E-state index in [-0.39, 0.29) is 40.7 Å². The van der Waals surface area contributed by atoms with E-state index in [9.17, 15) is 29.6 Å². The molecule has 1 aliphatic rings. The van der Waals surface area contributed by atoms with Crippen LogP contribution >= 0.6 is 0 Å². The molecule has 0 aliphatic carbocycles. The van der Waals surface area contributed by atoms with Crippen molar-refractivity contribution in [2.45, 2.75) is 0 Å². The average Bonchev–Trinajstić information content (AvgIpc) is 2.54. The molecule has 1 aromatic rings. The fourth-order valence-corrected chi connectivity index (χ4v) is 1.74. The fraction of sp³-hybridized carbons (Fsp3) is 0.100. The van der Waals surface area contributed by atoms with Crippen LogP contribution in [0.5, 0.6) is 0 Å². The second-order valence-electron chi connectivity index (χ2n) is 3.53. The minimum absolute atomic E-state index is 0. The van der Waals surface area contributed by atoms with Crippen LogP contribution in [0.3, 0.4) is 0 Å². The smallest absolute Gasteiger partial charge is 0.548 e. The molecule has 9 heteroatoms. The molecule has 1 heterocycles. The molecule has 0 unspecified atom stereocenters. The summed E-state index contributed by atoms with van der Waals surface area (Å²) in [6.07, 6.45) is 0. The van der Waals surface area contributed by atoms with Gasteiger partial charge in [0.1, 0.15) is 5.56 Å². The van der Waals surface area contributed by atoms with Crippen LogP contribution in [0.4, 0.5) is 5.69 Å². The molecule has 0 saturated heterocycles. The Balaban J connectivity index is 0.00000180. The number of nitrogens with zero attached hydrogens (tertiary/aromatic N) is 2. The molecule has 0 fully saturated rings. The second-order valence-corrected chi connectivity index (χ2v) is 3.53. The number of benzene rings is 1. The number of nitro benzene ring substituents is 1. The number of amides is 2. The molecule has 0 saturated carbocycles. The van der Waals surface area contributed by atoms with Crippen LogP contribution in [0, 0.1) is 10.1 Å². The van der Waals surface area contributed by atoms with Gasteiger partial charge in [-0.1, -0.05) is 6.07 Å². The van der Waals surface area contributed by atoms with E-state index in [1.165, 1.54) is 12.1 Å². The van der Waals surface area contributed by atoms with Crippen molar-refractivity contribution in [3.8, 4) is 0 Å². The number of aliphatic carboxylic acids is 1. The molecular weight excluding hydrogens is 267 g/mol. The third-order valence-corrected chi connectivity index (χ3v) is 2.46. The largest absolute Gasteiger partial charge is 1.00 e. The number of nitro groups is 1. The fourth-order valence-electron chi connectivity index (χ4n) is 1.74. The van der Waals surface area contributed by atoms with Gasteiger partial charge in [0.25, 0.3) is 17.5 Å². The van der Waals surface area contributed by atoms with Crippen LogP contribution in [0.1, 0.15) is 20.7 Å². The molecule has 0 radical (unpaired) electrons. The van der Waals surface area contributed by atoms with E-state index in [1.807, 2.05) is 0 Å². The second kappa shape index (κ2) is 5.47. The first-order valence-electron chi connectivity index (χ1n) is 4.77. The Morgan fingerprint density at radius 1 is 1.26 bits per heavy atom. The number of carboxylic acid groups (broad SMARTS) is 1. The molecule has 0 aromatic heterocycles. The molecule has 2 amide bonds. The number of fused-ring (bicyclic) bond motifs is 1. The maximum absolute atomic E-state index is 11.8. The molecule has 19 heavy (non-hydrogen) atoms. The minimum atomic E-state index is -1.62. The normalized spacial score (nSPS) is 12.9. The quantitative estimate of drug-likeness (QED) is 0.239. The molecule has 92 valence electrons. The van der Waals surface area contributed by atoms with Crippen molar-refractivity contribution < 1.29 is 54.0 Å². The van der Waals surface area contributed by atoms with Gasteiger partial charge in [0.05, 0.1) is 23.0 Å². The average molecular weight is 272 g/mol. The monoisotopic (exact) mass is 272 g/mol. The van der Waals surface area contributed by atoms with Crippen LogP contribution in [0.15, 0.2) is 18.2 Å². The summed E-state index contributed by atoms with van der Waals surface area (Å²) in [5, 5.41) is 21.2. The number of carbonyl (C=O) groups excluding carboxylic acids is 3. The van der Waals surface area contributed by atoms with Gasteiger partial charge in [0, 0.05) is 6.07 Å². The van der Waals surface area contributed by atoms with E-state index >= 15 is 0 Å². The van der Waals surface area contributed by atoms with E-state index in [2.05, 4.69) is 0 Å². The van der Waals surface area contributed by atoms with E-state index in [4.69, 9.17) is 0 Å². The van der Waals surface area contributed by atoms with Crippen molar-refractivity contribution >= 4 is 23.5 Å². The zero-order chi connectivity index (χ0) is 13.4. The molecule has 1 aromatic carbocycles. The van der Waals surface area contributed by atoms with Gasteiger partial charge in [0.2, 0.25) is 0 Å². The summed E-state index contributed by atoms with van der Waals surface area (Å²) >= 11 is 0. The van der Waals surface area contributed by atoms with Crippen molar-refractivity contribution in [3.05, 3.63) is 39.4 Å². The van der Waals surface area contributed by atoms with Crippen molar-refractivity contribution in [2.24, 2.45) is 0 Å². The number of imide groups is 1. The van der Waals surface area contributed by atoms with E-state index < -0.39 is 34.9 Å². The Morgan fingerprint density at radius 2 is 1.89 bits per heavy atom. The van der Waals surface area contributed by atoms with Gasteiger partial charge >= 0.3 is 29.6 Å². The Labute approximate surface area is 128 Å². The maximum Gasteiger partial charge on any atom is 1.00 e. The Hall–Kier alpha value is -1.77. The molecule has 0 bridgehead atoms. The van der Waals surface area contributed by atoms with Gasteiger partial charge in [-0.2, -0.15) is 0 Å². The van der Waals surface area contributed by atoms with E-state index in [0.29, 0.717) is 4.90 Å². The predicted molar refractivity (Wildman–Crippen MR) is 53.5 cm³/mol. The standard InChI is InChI=1S/C10H6N2O6.Na/c13-7(14)4-11-9(15)5-2-1-3-6(12(17)18)8(5)10(11)16;/h1-3H,4H2,(H,13,14);/q;+1/p-1. The first kappa shape index (κ1) is 15.3. The SMILES string of the molecule is O=C([O-])CN1C(=O)c2cccc([N+](=O)[O-])c2C1=O.[Na+]. The first-order valence-corrected chi connectivity index (χ1v) is 4.77. The summed E-state index contributed by atoms with van der Waals surface area (Å²) in [4.78, 5) is 44.3. The van der Waals surface area contributed by atoms with Crippen molar-refractivity contribution in [1.82, 2.24) is 4.90 Å². The van der Waals surface area contributed by atoms with E-state index in [1.54, 1.807) is 0 Å². The van der Waals surface area contributed by atoms with Crippen molar-refractivity contribution in [2.75, 3.05) is 6.54 Å². The van der Waals surface area contributed by atoms with Gasteiger partial charge in [-0.25, -0.2) is 0 Å². The number of carboxylic acids is 1. The molecule has 1 aliphatic heterocycles. The Morgan fingerprint density at radius 3 is 2.42 bits per heavy atom. The van der Waals surface area contributed by atoms with Crippen molar-refractivity contribution in [1.29, 1.82) is 0 Å². The zero-order valence-corrected chi connectivity index (χ0v) is 11.8. The minimum Gasteiger partial charge on any atom is -0.548 e. The molecular formula is C10H5N2NaO6. The molecule has 2 rings (SSSR count). The first-order chi connectivity index (χ1) is 8.43.